The van der Waals surface area contributed by atoms with E-state index in [1.54, 1.807) is 24.3 Å². The van der Waals surface area contributed by atoms with Gasteiger partial charge in [0.15, 0.2) is 17.6 Å². The number of amides is 2. The van der Waals surface area contributed by atoms with Crippen LogP contribution in [0.15, 0.2) is 52.4 Å². The highest BCUT2D eigenvalue weighted by Crippen LogP contribution is 2.45. The number of nitrogens with one attached hydrogen (secondary N) is 3. The zero-order valence-corrected chi connectivity index (χ0v) is 24.4. The van der Waals surface area contributed by atoms with Gasteiger partial charge in [-0.05, 0) is 42.0 Å². The molecule has 0 saturated carbocycles. The molecule has 1 spiro atoms. The highest BCUT2D eigenvalue weighted by molar-refractivity contribution is 5.98. The predicted molar refractivity (Wildman–Crippen MR) is 160 cm³/mol. The summed E-state index contributed by atoms with van der Waals surface area (Å²) in [7, 11) is 0. The first-order chi connectivity index (χ1) is 20.4. The number of para-hydroxylation sites is 1. The molecule has 1 unspecified atom stereocenters. The third kappa shape index (κ3) is 4.45. The van der Waals surface area contributed by atoms with Gasteiger partial charge < -0.3 is 47.3 Å². The minimum Gasteiger partial charge on any atom is -0.492 e. The smallest absolute Gasteiger partial charge is 0.255 e. The van der Waals surface area contributed by atoms with E-state index in [4.69, 9.17) is 16.2 Å². The Balaban J connectivity index is 1.24. The van der Waals surface area contributed by atoms with Crippen molar-refractivity contribution in [1.29, 1.82) is 0 Å². The Kier molecular flexibility index (Phi) is 6.77. The first-order valence-corrected chi connectivity index (χ1v) is 14.5. The summed E-state index contributed by atoms with van der Waals surface area (Å²) in [6.45, 7) is 6.60. The molecular formula is C30H38N8O5. The Morgan fingerprint density at radius 3 is 2.58 bits per heavy atom. The molecule has 13 heteroatoms. The fourth-order valence-corrected chi connectivity index (χ4v) is 6.63. The molecule has 4 aliphatic heterocycles. The van der Waals surface area contributed by atoms with E-state index in [1.165, 1.54) is 4.90 Å². The summed E-state index contributed by atoms with van der Waals surface area (Å²) in [5.41, 5.74) is 13.3. The van der Waals surface area contributed by atoms with Gasteiger partial charge in [-0.15, -0.1) is 0 Å². The van der Waals surface area contributed by atoms with E-state index in [0.717, 1.165) is 24.0 Å². The highest BCUT2D eigenvalue weighted by Gasteiger charge is 2.73. The second-order valence-electron chi connectivity index (χ2n) is 12.2. The predicted octanol–water partition coefficient (Wildman–Crippen LogP) is -0.486. The van der Waals surface area contributed by atoms with Crippen molar-refractivity contribution >= 4 is 23.7 Å². The Morgan fingerprint density at radius 1 is 1.12 bits per heavy atom. The fourth-order valence-electron chi connectivity index (χ4n) is 6.63. The number of carbonyl (C=O) groups is 2. The SMILES string of the molecule is CCc1ccc(C(=O)NC[C@@H]2N=C(N)N3CC(NC(=O)c4cccc5c4OCCC5(C)C)C(O)(O)[C@@]34NC(N)=N[C@@H]24)cc1. The van der Waals surface area contributed by atoms with Crippen LogP contribution in [-0.2, 0) is 11.8 Å². The van der Waals surface area contributed by atoms with Crippen LogP contribution in [0.2, 0.25) is 0 Å². The monoisotopic (exact) mass is 590 g/mol. The zero-order chi connectivity index (χ0) is 30.7. The summed E-state index contributed by atoms with van der Waals surface area (Å²) in [6.07, 6.45) is 1.66. The van der Waals surface area contributed by atoms with Crippen LogP contribution < -0.4 is 32.2 Å². The number of hydrogen-bond donors (Lipinski definition) is 7. The number of rotatable bonds is 6. The van der Waals surface area contributed by atoms with Crippen LogP contribution in [0.3, 0.4) is 0 Å². The molecule has 4 atom stereocenters. The number of nitrogens with zero attached hydrogens (tertiary/aromatic N) is 3. The maximum absolute atomic E-state index is 13.6. The molecule has 6 rings (SSSR count). The molecule has 2 aromatic carbocycles. The van der Waals surface area contributed by atoms with E-state index in [9.17, 15) is 19.8 Å². The lowest BCUT2D eigenvalue weighted by atomic mass is 9.79. The topological polar surface area (TPSA) is 200 Å². The van der Waals surface area contributed by atoms with Crippen molar-refractivity contribution in [3.05, 3.63) is 64.7 Å². The summed E-state index contributed by atoms with van der Waals surface area (Å²) in [6, 6.07) is 9.69. The number of guanidine groups is 2. The van der Waals surface area contributed by atoms with E-state index < -0.39 is 35.5 Å². The van der Waals surface area contributed by atoms with Gasteiger partial charge in [0.2, 0.25) is 5.79 Å². The first-order valence-electron chi connectivity index (χ1n) is 14.5. The van der Waals surface area contributed by atoms with Crippen molar-refractivity contribution in [3.8, 4) is 5.75 Å². The van der Waals surface area contributed by atoms with Gasteiger partial charge in [-0.2, -0.15) is 0 Å². The third-order valence-corrected chi connectivity index (χ3v) is 9.17. The summed E-state index contributed by atoms with van der Waals surface area (Å²) >= 11 is 0. The normalized spacial score (nSPS) is 27.8. The average molecular weight is 591 g/mol. The Bertz CT molecular complexity index is 1520. The number of aliphatic hydroxyl groups is 2. The van der Waals surface area contributed by atoms with Crippen LogP contribution in [0.25, 0.3) is 0 Å². The van der Waals surface area contributed by atoms with Crippen molar-refractivity contribution in [1.82, 2.24) is 20.9 Å². The van der Waals surface area contributed by atoms with Gasteiger partial charge in [0.1, 0.15) is 17.8 Å². The van der Waals surface area contributed by atoms with E-state index in [1.807, 2.05) is 25.1 Å². The molecular weight excluding hydrogens is 552 g/mol. The number of aliphatic imine (C=N–C) groups is 2. The molecule has 13 nitrogen and oxygen atoms in total. The number of aryl methyl sites for hydroxylation is 1. The molecule has 4 heterocycles. The fraction of sp³-hybridized carbons (Fsp3) is 0.467. The lowest BCUT2D eigenvalue weighted by molar-refractivity contribution is -0.230. The quantitative estimate of drug-likeness (QED) is 0.217. The Labute approximate surface area is 249 Å². The van der Waals surface area contributed by atoms with Crippen molar-refractivity contribution in [3.63, 3.8) is 0 Å². The third-order valence-electron chi connectivity index (χ3n) is 9.17. The van der Waals surface area contributed by atoms with Crippen molar-refractivity contribution < 1.29 is 24.5 Å². The average Bonchev–Trinajstić information content (AvgIpc) is 3.45. The molecule has 0 aromatic heterocycles. The molecule has 43 heavy (non-hydrogen) atoms. The van der Waals surface area contributed by atoms with Crippen LogP contribution >= 0.6 is 0 Å². The molecule has 0 radical (unpaired) electrons. The second kappa shape index (κ2) is 10.1. The van der Waals surface area contributed by atoms with Crippen LogP contribution in [0.5, 0.6) is 5.75 Å². The number of ether oxygens (including phenoxy) is 1. The summed E-state index contributed by atoms with van der Waals surface area (Å²) in [5.74, 6) is -3.02. The van der Waals surface area contributed by atoms with Gasteiger partial charge >= 0.3 is 0 Å². The molecule has 228 valence electrons. The van der Waals surface area contributed by atoms with Gasteiger partial charge in [0.05, 0.1) is 18.2 Å². The Hall–Kier alpha value is -4.36. The molecule has 1 saturated heterocycles. The molecule has 1 fully saturated rings. The van der Waals surface area contributed by atoms with E-state index >= 15 is 0 Å². The largest absolute Gasteiger partial charge is 0.492 e. The highest BCUT2D eigenvalue weighted by atomic mass is 16.5. The lowest BCUT2D eigenvalue weighted by Gasteiger charge is -2.49. The van der Waals surface area contributed by atoms with Crippen LogP contribution in [0.1, 0.15) is 59.0 Å². The number of carbonyl (C=O) groups excluding carboxylic acids is 2. The van der Waals surface area contributed by atoms with Crippen molar-refractivity contribution in [2.45, 2.75) is 68.6 Å². The Morgan fingerprint density at radius 2 is 1.86 bits per heavy atom. The van der Waals surface area contributed by atoms with Gasteiger partial charge in [-0.25, -0.2) is 9.98 Å². The summed E-state index contributed by atoms with van der Waals surface area (Å²) in [4.78, 5) is 37.0. The van der Waals surface area contributed by atoms with Gasteiger partial charge in [-0.3, -0.25) is 9.59 Å². The maximum atomic E-state index is 13.6. The molecule has 2 aromatic rings. The lowest BCUT2D eigenvalue weighted by Crippen LogP contribution is -2.78. The maximum Gasteiger partial charge on any atom is 0.255 e. The second-order valence-corrected chi connectivity index (χ2v) is 12.2. The first kappa shape index (κ1) is 28.7. The number of benzene rings is 2. The van der Waals surface area contributed by atoms with Crippen LogP contribution in [0, 0.1) is 0 Å². The van der Waals surface area contributed by atoms with Crippen molar-refractivity contribution in [2.24, 2.45) is 21.5 Å². The molecule has 9 N–H and O–H groups in total. The minimum absolute atomic E-state index is 0.00413. The van der Waals surface area contributed by atoms with Gasteiger partial charge in [0.25, 0.3) is 11.8 Å². The van der Waals surface area contributed by atoms with Crippen LogP contribution in [-0.4, -0.2) is 88.1 Å². The van der Waals surface area contributed by atoms with E-state index in [0.29, 0.717) is 23.5 Å². The molecule has 0 bridgehead atoms. The number of fused-ring (bicyclic) bond motifs is 1. The van der Waals surface area contributed by atoms with E-state index in [-0.39, 0.29) is 36.3 Å². The number of hydrogen-bond acceptors (Lipinski definition) is 11. The minimum atomic E-state index is -2.61. The summed E-state index contributed by atoms with van der Waals surface area (Å²) < 4.78 is 5.91. The summed E-state index contributed by atoms with van der Waals surface area (Å²) in [5, 5.41) is 32.1. The standard InChI is InChI=1S/C30H38N8O5/c1-4-16-8-10-17(11-9-16)24(39)33-14-20-23-29(37-26(31)36-23)30(41,42)21(15-38(29)27(32)34-20)35-25(40)18-6-5-7-19-22(18)43-13-12-28(19,2)3/h5-11,20-21,23,41-42H,4,12-15H2,1-3H3,(H2,32,34)(H,33,39)(H,35,40)(H3,31,36,37)/t20-,21?,23-,29-/m0/s1. The number of nitrogens with two attached hydrogens (primary N) is 2. The molecule has 2 amide bonds. The van der Waals surface area contributed by atoms with Gasteiger partial charge in [0, 0.05) is 24.2 Å². The van der Waals surface area contributed by atoms with Crippen LogP contribution in [0.4, 0.5) is 0 Å². The molecule has 0 aliphatic carbocycles. The molecule has 4 aliphatic rings. The van der Waals surface area contributed by atoms with Crippen molar-refractivity contribution in [2.75, 3.05) is 19.7 Å². The zero-order valence-electron chi connectivity index (χ0n) is 24.4. The van der Waals surface area contributed by atoms with E-state index in [2.05, 4.69) is 39.8 Å². The van der Waals surface area contributed by atoms with Gasteiger partial charge in [-0.1, -0.05) is 45.0 Å².